The smallest absolute Gasteiger partial charge is 0.329 e. The molecule has 1 N–H and O–H groups in total. The van der Waals surface area contributed by atoms with Gasteiger partial charge < -0.3 is 9.64 Å². The van der Waals surface area contributed by atoms with Crippen molar-refractivity contribution in [3.8, 4) is 0 Å². The van der Waals surface area contributed by atoms with Crippen molar-refractivity contribution < 1.29 is 22.7 Å². The Bertz CT molecular complexity index is 1090. The lowest BCUT2D eigenvalue weighted by Gasteiger charge is -2.27. The first-order chi connectivity index (χ1) is 13.9. The van der Waals surface area contributed by atoms with Crippen molar-refractivity contribution in [2.24, 2.45) is 0 Å². The van der Waals surface area contributed by atoms with Gasteiger partial charge in [-0.25, -0.2) is 13.2 Å². The van der Waals surface area contributed by atoms with Crippen LogP contribution in [0.25, 0.3) is 10.8 Å². The first kappa shape index (κ1) is 22.5. The van der Waals surface area contributed by atoms with Crippen LogP contribution in [-0.4, -0.2) is 49.4 Å². The van der Waals surface area contributed by atoms with Crippen molar-refractivity contribution in [1.82, 2.24) is 9.62 Å². The molecular weight excluding hydrogens is 428 g/mol. The predicted molar refractivity (Wildman–Crippen MR) is 115 cm³/mol. The minimum Gasteiger partial charge on any atom is -0.458 e. The summed E-state index contributed by atoms with van der Waals surface area (Å²) >= 11 is 5.97. The fourth-order valence-electron chi connectivity index (χ4n) is 3.33. The van der Waals surface area contributed by atoms with Crippen LogP contribution in [0, 0.1) is 0 Å². The number of esters is 1. The summed E-state index contributed by atoms with van der Waals surface area (Å²) in [6, 6.07) is 8.12. The molecule has 1 aliphatic rings. The van der Waals surface area contributed by atoms with Gasteiger partial charge in [0.1, 0.15) is 17.7 Å². The van der Waals surface area contributed by atoms with Crippen molar-refractivity contribution in [3.05, 3.63) is 41.4 Å². The molecule has 2 aromatic rings. The topological polar surface area (TPSA) is 92.8 Å². The molecule has 1 saturated heterocycles. The van der Waals surface area contributed by atoms with Crippen molar-refractivity contribution in [2.45, 2.75) is 56.7 Å². The highest BCUT2D eigenvalue weighted by Gasteiger charge is 2.40. The molecule has 9 heteroatoms. The Balaban J connectivity index is 1.74. The quantitative estimate of drug-likeness (QED) is 0.703. The van der Waals surface area contributed by atoms with Crippen molar-refractivity contribution in [2.75, 3.05) is 6.54 Å². The molecule has 1 heterocycles. The standard InChI is InChI=1S/C21H25ClN2O5S/c1-13(20(26)29-21(2,3)4)24-10-9-18(19(24)25)23-30(27,28)17-8-6-14-11-16(22)7-5-15(14)12-17/h5-8,11-13,18,23H,9-10H2,1-4H3/t13-,18?/m0/s1. The van der Waals surface area contributed by atoms with Crippen molar-refractivity contribution in [1.29, 1.82) is 0 Å². The zero-order valence-electron chi connectivity index (χ0n) is 17.3. The van der Waals surface area contributed by atoms with Crippen LogP contribution in [0.1, 0.15) is 34.1 Å². The molecule has 0 aliphatic carbocycles. The van der Waals surface area contributed by atoms with Gasteiger partial charge in [-0.2, -0.15) is 4.72 Å². The minimum atomic E-state index is -3.92. The highest BCUT2D eigenvalue weighted by Crippen LogP contribution is 2.24. The average molecular weight is 453 g/mol. The zero-order valence-corrected chi connectivity index (χ0v) is 18.9. The normalized spacial score (nSPS) is 18.6. The molecule has 1 fully saturated rings. The van der Waals surface area contributed by atoms with E-state index in [-0.39, 0.29) is 17.9 Å². The van der Waals surface area contributed by atoms with E-state index in [1.807, 2.05) is 0 Å². The number of nitrogens with one attached hydrogen (secondary N) is 1. The van der Waals surface area contributed by atoms with Crippen LogP contribution >= 0.6 is 11.6 Å². The van der Waals surface area contributed by atoms with Crippen LogP contribution in [0.15, 0.2) is 41.3 Å². The van der Waals surface area contributed by atoms with Crippen LogP contribution in [0.2, 0.25) is 5.02 Å². The Morgan fingerprint density at radius 2 is 1.83 bits per heavy atom. The Morgan fingerprint density at radius 3 is 2.50 bits per heavy atom. The van der Waals surface area contributed by atoms with Crippen LogP contribution in [0.3, 0.4) is 0 Å². The van der Waals surface area contributed by atoms with Gasteiger partial charge in [-0.15, -0.1) is 0 Å². The third-order valence-corrected chi connectivity index (χ3v) is 6.54. The number of rotatable bonds is 5. The zero-order chi connectivity index (χ0) is 22.3. The van der Waals surface area contributed by atoms with E-state index in [4.69, 9.17) is 16.3 Å². The fraction of sp³-hybridized carbons (Fsp3) is 0.429. The third-order valence-electron chi connectivity index (χ3n) is 4.84. The predicted octanol–water partition coefficient (Wildman–Crippen LogP) is 3.10. The number of benzene rings is 2. The summed E-state index contributed by atoms with van der Waals surface area (Å²) in [7, 11) is -3.92. The third kappa shape index (κ3) is 4.94. The number of hydrogen-bond acceptors (Lipinski definition) is 5. The second-order valence-electron chi connectivity index (χ2n) is 8.36. The lowest BCUT2D eigenvalue weighted by Crippen LogP contribution is -2.47. The van der Waals surface area contributed by atoms with Crippen LogP contribution < -0.4 is 4.72 Å². The largest absolute Gasteiger partial charge is 0.458 e. The molecule has 1 unspecified atom stereocenters. The maximum absolute atomic E-state index is 12.8. The summed E-state index contributed by atoms with van der Waals surface area (Å²) in [5.74, 6) is -0.961. The Labute approximate surface area is 181 Å². The lowest BCUT2D eigenvalue weighted by molar-refractivity contribution is -0.163. The van der Waals surface area contributed by atoms with Crippen molar-refractivity contribution in [3.63, 3.8) is 0 Å². The molecule has 1 amide bonds. The van der Waals surface area contributed by atoms with Gasteiger partial charge in [-0.3, -0.25) is 4.79 Å². The highest BCUT2D eigenvalue weighted by molar-refractivity contribution is 7.89. The number of carbonyl (C=O) groups is 2. The van der Waals surface area contributed by atoms with E-state index >= 15 is 0 Å². The van der Waals surface area contributed by atoms with Gasteiger partial charge in [0.15, 0.2) is 0 Å². The number of fused-ring (bicyclic) bond motifs is 1. The highest BCUT2D eigenvalue weighted by atomic mass is 35.5. The van der Waals surface area contributed by atoms with E-state index in [0.29, 0.717) is 5.02 Å². The van der Waals surface area contributed by atoms with Gasteiger partial charge in [0.05, 0.1) is 4.90 Å². The molecule has 3 rings (SSSR count). The van der Waals surface area contributed by atoms with E-state index in [2.05, 4.69) is 4.72 Å². The number of halogens is 1. The molecule has 0 aromatic heterocycles. The molecule has 0 radical (unpaired) electrons. The fourth-order valence-corrected chi connectivity index (χ4v) is 4.77. The molecule has 2 aromatic carbocycles. The first-order valence-electron chi connectivity index (χ1n) is 9.62. The number of sulfonamides is 1. The number of carbonyl (C=O) groups excluding carboxylic acids is 2. The maximum atomic E-state index is 12.8. The van der Waals surface area contributed by atoms with Crippen LogP contribution in [0.4, 0.5) is 0 Å². The number of ether oxygens (including phenoxy) is 1. The lowest BCUT2D eigenvalue weighted by atomic mass is 10.1. The molecular formula is C21H25ClN2O5S. The second kappa shape index (κ2) is 8.17. The minimum absolute atomic E-state index is 0.0590. The van der Waals surface area contributed by atoms with E-state index in [1.165, 1.54) is 17.0 Å². The molecule has 2 atom stereocenters. The van der Waals surface area contributed by atoms with Crippen LogP contribution in [-0.2, 0) is 24.3 Å². The first-order valence-corrected chi connectivity index (χ1v) is 11.5. The summed E-state index contributed by atoms with van der Waals surface area (Å²) < 4.78 is 33.5. The van der Waals surface area contributed by atoms with E-state index in [0.717, 1.165) is 10.8 Å². The molecule has 0 spiro atoms. The molecule has 0 bridgehead atoms. The SMILES string of the molecule is C[C@@H](C(=O)OC(C)(C)C)N1CCC(NS(=O)(=O)c2ccc3cc(Cl)ccc3c2)C1=O. The van der Waals surface area contributed by atoms with Crippen LogP contribution in [0.5, 0.6) is 0 Å². The van der Waals surface area contributed by atoms with Gasteiger partial charge in [0.25, 0.3) is 0 Å². The van der Waals surface area contributed by atoms with Gasteiger partial charge >= 0.3 is 5.97 Å². The van der Waals surface area contributed by atoms with Gasteiger partial charge in [0, 0.05) is 11.6 Å². The maximum Gasteiger partial charge on any atom is 0.329 e. The van der Waals surface area contributed by atoms with Crippen molar-refractivity contribution >= 4 is 44.3 Å². The Morgan fingerprint density at radius 1 is 1.20 bits per heavy atom. The second-order valence-corrected chi connectivity index (χ2v) is 10.5. The molecule has 162 valence electrons. The summed E-state index contributed by atoms with van der Waals surface area (Å²) in [4.78, 5) is 26.5. The molecule has 1 aliphatic heterocycles. The summed E-state index contributed by atoms with van der Waals surface area (Å²) in [6.45, 7) is 7.09. The average Bonchev–Trinajstić information content (AvgIpc) is 2.99. The van der Waals surface area contributed by atoms with E-state index in [9.17, 15) is 18.0 Å². The van der Waals surface area contributed by atoms with E-state index in [1.54, 1.807) is 52.0 Å². The summed E-state index contributed by atoms with van der Waals surface area (Å²) in [6.07, 6.45) is 0.272. The Hall–Kier alpha value is -2.16. The van der Waals surface area contributed by atoms with Gasteiger partial charge in [-0.05, 0) is 69.2 Å². The number of amides is 1. The van der Waals surface area contributed by atoms with E-state index < -0.39 is 39.6 Å². The monoisotopic (exact) mass is 452 g/mol. The summed E-state index contributed by atoms with van der Waals surface area (Å²) in [5, 5.41) is 2.10. The Kier molecular flexibility index (Phi) is 6.13. The number of nitrogens with zero attached hydrogens (tertiary/aromatic N) is 1. The molecule has 7 nitrogen and oxygen atoms in total. The molecule has 0 saturated carbocycles. The summed E-state index contributed by atoms with van der Waals surface area (Å²) in [5.41, 5.74) is -0.671. The number of hydrogen-bond donors (Lipinski definition) is 1. The van der Waals surface area contributed by atoms with Gasteiger partial charge in [-0.1, -0.05) is 23.7 Å². The van der Waals surface area contributed by atoms with Gasteiger partial charge in [0.2, 0.25) is 15.9 Å². The number of likely N-dealkylation sites (tertiary alicyclic amines) is 1. The molecule has 30 heavy (non-hydrogen) atoms.